The topological polar surface area (TPSA) is 38.3 Å². The Balaban J connectivity index is 1.99. The minimum atomic E-state index is -0.331. The molecule has 0 aliphatic carbocycles. The molecule has 5 heteroatoms. The van der Waals surface area contributed by atoms with E-state index in [1.165, 1.54) is 18.2 Å². The van der Waals surface area contributed by atoms with Crippen molar-refractivity contribution in [3.63, 3.8) is 0 Å². The normalized spacial score (nSPS) is 23.1. The Bertz CT molecular complexity index is 458. The average molecular weight is 363 g/mol. The Labute approximate surface area is 119 Å². The first-order chi connectivity index (χ1) is 8.50. The lowest BCUT2D eigenvalue weighted by Crippen LogP contribution is -2.40. The molecule has 1 unspecified atom stereocenters. The molecule has 1 aromatic rings. The number of carbonyl (C=O) groups excluding carboxylic acids is 1. The lowest BCUT2D eigenvalue weighted by molar-refractivity contribution is 0.0206. The molecule has 0 bridgehead atoms. The molecule has 98 valence electrons. The number of ether oxygens (including phenoxy) is 1. The zero-order valence-electron chi connectivity index (χ0n) is 10.1. The third kappa shape index (κ3) is 3.20. The highest BCUT2D eigenvalue weighted by Crippen LogP contribution is 2.24. The first-order valence-corrected chi connectivity index (χ1v) is 6.95. The molecule has 1 saturated heterocycles. The number of halogens is 2. The molecular weight excluding hydrogens is 348 g/mol. The Hall–Kier alpha value is -0.690. The Morgan fingerprint density at radius 3 is 3.00 bits per heavy atom. The summed E-state index contributed by atoms with van der Waals surface area (Å²) in [5.74, 6) is -0.516. The number of nitrogens with one attached hydrogen (secondary N) is 1. The van der Waals surface area contributed by atoms with Crippen LogP contribution in [0.3, 0.4) is 0 Å². The number of carbonyl (C=O) groups is 1. The molecule has 1 fully saturated rings. The standard InChI is InChI=1S/C13H15FINO2/c1-13(5-2-6-18-13)8-16-12(17)10-4-3-9(14)7-11(10)15/h3-4,7H,2,5-6,8H2,1H3,(H,16,17). The Kier molecular flexibility index (Phi) is 4.21. The SMILES string of the molecule is CC1(CNC(=O)c2ccc(F)cc2I)CCCO1. The molecule has 3 nitrogen and oxygen atoms in total. The van der Waals surface area contributed by atoms with Gasteiger partial charge in [0.2, 0.25) is 0 Å². The van der Waals surface area contributed by atoms with Crippen molar-refractivity contribution in [2.75, 3.05) is 13.2 Å². The number of hydrogen-bond acceptors (Lipinski definition) is 2. The summed E-state index contributed by atoms with van der Waals surface area (Å²) in [4.78, 5) is 12.0. The summed E-state index contributed by atoms with van der Waals surface area (Å²) in [6.45, 7) is 3.23. The van der Waals surface area contributed by atoms with Crippen molar-refractivity contribution >= 4 is 28.5 Å². The maximum Gasteiger partial charge on any atom is 0.252 e. The Morgan fingerprint density at radius 1 is 1.61 bits per heavy atom. The van der Waals surface area contributed by atoms with E-state index in [0.29, 0.717) is 15.7 Å². The van der Waals surface area contributed by atoms with E-state index in [4.69, 9.17) is 4.74 Å². The van der Waals surface area contributed by atoms with E-state index >= 15 is 0 Å². The molecule has 18 heavy (non-hydrogen) atoms. The highest BCUT2D eigenvalue weighted by atomic mass is 127. The zero-order valence-corrected chi connectivity index (χ0v) is 12.3. The van der Waals surface area contributed by atoms with E-state index in [1.807, 2.05) is 29.5 Å². The highest BCUT2D eigenvalue weighted by molar-refractivity contribution is 14.1. The van der Waals surface area contributed by atoms with E-state index in [1.54, 1.807) is 0 Å². The van der Waals surface area contributed by atoms with Gasteiger partial charge in [-0.15, -0.1) is 0 Å². The molecule has 1 amide bonds. The predicted molar refractivity (Wildman–Crippen MR) is 75.0 cm³/mol. The third-order valence-electron chi connectivity index (χ3n) is 3.10. The lowest BCUT2D eigenvalue weighted by Gasteiger charge is -2.23. The van der Waals surface area contributed by atoms with Gasteiger partial charge in [0.1, 0.15) is 5.82 Å². The van der Waals surface area contributed by atoms with Crippen LogP contribution in [0.5, 0.6) is 0 Å². The predicted octanol–water partition coefficient (Wildman–Crippen LogP) is 2.73. The molecule has 2 rings (SSSR count). The highest BCUT2D eigenvalue weighted by Gasteiger charge is 2.30. The summed E-state index contributed by atoms with van der Waals surface area (Å²) in [5.41, 5.74) is 0.236. The largest absolute Gasteiger partial charge is 0.373 e. The fourth-order valence-electron chi connectivity index (χ4n) is 2.01. The quantitative estimate of drug-likeness (QED) is 0.839. The monoisotopic (exact) mass is 363 g/mol. The molecule has 1 aromatic carbocycles. The summed E-state index contributed by atoms with van der Waals surface area (Å²) < 4.78 is 19.2. The first kappa shape index (κ1) is 13.7. The third-order valence-corrected chi connectivity index (χ3v) is 3.99. The van der Waals surface area contributed by atoms with Gasteiger partial charge in [0.05, 0.1) is 11.2 Å². The van der Waals surface area contributed by atoms with Crippen molar-refractivity contribution in [2.24, 2.45) is 0 Å². The van der Waals surface area contributed by atoms with Crippen molar-refractivity contribution < 1.29 is 13.9 Å². The van der Waals surface area contributed by atoms with Gasteiger partial charge in [-0.2, -0.15) is 0 Å². The number of hydrogen-bond donors (Lipinski definition) is 1. The second kappa shape index (κ2) is 5.52. The van der Waals surface area contributed by atoms with Crippen molar-refractivity contribution in [3.05, 3.63) is 33.1 Å². The van der Waals surface area contributed by atoms with Gasteiger partial charge in [0.25, 0.3) is 5.91 Å². The molecule has 1 aliphatic heterocycles. The van der Waals surface area contributed by atoms with Crippen molar-refractivity contribution in [1.82, 2.24) is 5.32 Å². The van der Waals surface area contributed by atoms with Gasteiger partial charge in [-0.3, -0.25) is 4.79 Å². The summed E-state index contributed by atoms with van der Waals surface area (Å²) in [7, 11) is 0. The number of benzene rings is 1. The molecule has 0 spiro atoms. The summed E-state index contributed by atoms with van der Waals surface area (Å²) in [6, 6.07) is 4.15. The Morgan fingerprint density at radius 2 is 2.39 bits per heavy atom. The van der Waals surface area contributed by atoms with Crippen LogP contribution >= 0.6 is 22.6 Å². The summed E-state index contributed by atoms with van der Waals surface area (Å²) in [6.07, 6.45) is 1.98. The van der Waals surface area contributed by atoms with Crippen molar-refractivity contribution in [1.29, 1.82) is 0 Å². The molecule has 0 saturated carbocycles. The number of rotatable bonds is 3. The van der Waals surface area contributed by atoms with Crippen LogP contribution in [0.4, 0.5) is 4.39 Å². The van der Waals surface area contributed by atoms with Crippen molar-refractivity contribution in [2.45, 2.75) is 25.4 Å². The molecule has 0 radical (unpaired) electrons. The van der Waals surface area contributed by atoms with Gasteiger partial charge in [0, 0.05) is 16.7 Å². The van der Waals surface area contributed by atoms with E-state index in [-0.39, 0.29) is 17.3 Å². The van der Waals surface area contributed by atoms with Crippen molar-refractivity contribution in [3.8, 4) is 0 Å². The summed E-state index contributed by atoms with van der Waals surface area (Å²) >= 11 is 1.96. The lowest BCUT2D eigenvalue weighted by atomic mass is 10.0. The van der Waals surface area contributed by atoms with Gasteiger partial charge in [-0.05, 0) is 60.6 Å². The molecule has 1 heterocycles. The minimum Gasteiger partial charge on any atom is -0.373 e. The van der Waals surface area contributed by atoms with Crippen LogP contribution in [0.2, 0.25) is 0 Å². The van der Waals surface area contributed by atoms with Crippen LogP contribution in [0.15, 0.2) is 18.2 Å². The molecule has 1 atom stereocenters. The van der Waals surface area contributed by atoms with Crippen LogP contribution in [0.1, 0.15) is 30.1 Å². The van der Waals surface area contributed by atoms with E-state index in [0.717, 1.165) is 19.4 Å². The van der Waals surface area contributed by atoms with Crippen LogP contribution in [-0.2, 0) is 4.74 Å². The fourth-order valence-corrected chi connectivity index (χ4v) is 2.73. The smallest absolute Gasteiger partial charge is 0.252 e. The molecule has 0 aromatic heterocycles. The maximum atomic E-state index is 12.9. The van der Waals surface area contributed by atoms with Gasteiger partial charge < -0.3 is 10.1 Å². The maximum absolute atomic E-state index is 12.9. The number of amides is 1. The van der Waals surface area contributed by atoms with E-state index in [9.17, 15) is 9.18 Å². The summed E-state index contributed by atoms with van der Waals surface area (Å²) in [5, 5.41) is 2.85. The van der Waals surface area contributed by atoms with Crippen LogP contribution in [0.25, 0.3) is 0 Å². The second-order valence-corrected chi connectivity index (χ2v) is 5.87. The molecule has 1 N–H and O–H groups in total. The molecule has 1 aliphatic rings. The second-order valence-electron chi connectivity index (χ2n) is 4.71. The average Bonchev–Trinajstić information content (AvgIpc) is 2.74. The molecular formula is C13H15FINO2. The van der Waals surface area contributed by atoms with Crippen LogP contribution in [0, 0.1) is 9.39 Å². The van der Waals surface area contributed by atoms with Gasteiger partial charge in [-0.1, -0.05) is 0 Å². The minimum absolute atomic E-state index is 0.184. The van der Waals surface area contributed by atoms with Crippen LogP contribution < -0.4 is 5.32 Å². The zero-order chi connectivity index (χ0) is 13.2. The van der Waals surface area contributed by atoms with Gasteiger partial charge >= 0.3 is 0 Å². The van der Waals surface area contributed by atoms with Gasteiger partial charge in [-0.25, -0.2) is 4.39 Å². The van der Waals surface area contributed by atoms with Crippen LogP contribution in [-0.4, -0.2) is 24.7 Å². The van der Waals surface area contributed by atoms with E-state index in [2.05, 4.69) is 5.32 Å². The van der Waals surface area contributed by atoms with Gasteiger partial charge in [0.15, 0.2) is 0 Å². The first-order valence-electron chi connectivity index (χ1n) is 5.87. The fraction of sp³-hybridized carbons (Fsp3) is 0.462. The van der Waals surface area contributed by atoms with E-state index < -0.39 is 0 Å².